The molecule has 2 unspecified atom stereocenters. The molecule has 130 valence electrons. The lowest BCUT2D eigenvalue weighted by molar-refractivity contribution is -0.117. The molecular weight excluding hydrogens is 286 g/mol. The Morgan fingerprint density at radius 2 is 1.87 bits per heavy atom. The highest BCUT2D eigenvalue weighted by Gasteiger charge is 2.26. The zero-order chi connectivity index (χ0) is 17.6. The maximum absolute atomic E-state index is 11.7. The Morgan fingerprint density at radius 1 is 1.22 bits per heavy atom. The second kappa shape index (κ2) is 8.99. The molecule has 4 nitrogen and oxygen atoms in total. The van der Waals surface area contributed by atoms with E-state index >= 15 is 0 Å². The van der Waals surface area contributed by atoms with Gasteiger partial charge in [-0.2, -0.15) is 0 Å². The Labute approximate surface area is 141 Å². The third-order valence-corrected chi connectivity index (χ3v) is 4.29. The van der Waals surface area contributed by atoms with Crippen molar-refractivity contribution in [2.45, 2.75) is 92.2 Å². The molecule has 0 aromatic carbocycles. The van der Waals surface area contributed by atoms with Crippen LogP contribution >= 0.6 is 0 Å². The number of unbranched alkanes of at least 4 members (excludes halogenated alkanes) is 1. The van der Waals surface area contributed by atoms with E-state index in [1.54, 1.807) is 6.92 Å². The first-order valence-corrected chi connectivity index (χ1v) is 8.89. The lowest BCUT2D eigenvalue weighted by atomic mass is 10.0. The predicted octanol–water partition coefficient (Wildman–Crippen LogP) is 4.66. The summed E-state index contributed by atoms with van der Waals surface area (Å²) in [7, 11) is 0. The maximum atomic E-state index is 11.7. The number of aryl methyl sites for hydroxylation is 1. The van der Waals surface area contributed by atoms with Crippen molar-refractivity contribution in [3.05, 3.63) is 17.6 Å². The van der Waals surface area contributed by atoms with Crippen molar-refractivity contribution < 1.29 is 4.79 Å². The number of carbonyl (C=O) groups is 1. The Kier molecular flexibility index (Phi) is 7.66. The molecule has 2 atom stereocenters. The van der Waals surface area contributed by atoms with Crippen molar-refractivity contribution >= 4 is 11.6 Å². The fourth-order valence-electron chi connectivity index (χ4n) is 3.09. The van der Waals surface area contributed by atoms with Crippen molar-refractivity contribution in [1.29, 1.82) is 0 Å². The van der Waals surface area contributed by atoms with Crippen LogP contribution in [0.3, 0.4) is 0 Å². The van der Waals surface area contributed by atoms with Gasteiger partial charge in [0.1, 0.15) is 17.4 Å². The quantitative estimate of drug-likeness (QED) is 0.664. The Balaban J connectivity index is 3.27. The lowest BCUT2D eigenvalue weighted by Gasteiger charge is -2.37. The summed E-state index contributed by atoms with van der Waals surface area (Å²) >= 11 is 0. The van der Waals surface area contributed by atoms with Gasteiger partial charge >= 0.3 is 0 Å². The maximum Gasteiger partial charge on any atom is 0.136 e. The molecule has 1 aromatic rings. The minimum Gasteiger partial charge on any atom is -0.350 e. The highest BCUT2D eigenvalue weighted by Crippen LogP contribution is 2.30. The first-order chi connectivity index (χ1) is 10.8. The van der Waals surface area contributed by atoms with Gasteiger partial charge in [0, 0.05) is 30.3 Å². The number of ketones is 1. The zero-order valence-electron chi connectivity index (χ0n) is 15.9. The smallest absolute Gasteiger partial charge is 0.136 e. The average molecular weight is 319 g/mol. The van der Waals surface area contributed by atoms with E-state index in [1.165, 1.54) is 12.8 Å². The van der Waals surface area contributed by atoms with E-state index in [2.05, 4.69) is 44.5 Å². The summed E-state index contributed by atoms with van der Waals surface area (Å²) in [6.07, 6.45) is 5.98. The number of hydrogen-bond acceptors (Lipinski definition) is 4. The number of Topliss-reactive ketones (excluding diaryl/α,β-unsaturated/α-hetero) is 1. The lowest BCUT2D eigenvalue weighted by Crippen LogP contribution is -2.42. The van der Waals surface area contributed by atoms with Crippen molar-refractivity contribution in [1.82, 2.24) is 9.97 Å². The van der Waals surface area contributed by atoms with Crippen molar-refractivity contribution in [2.24, 2.45) is 0 Å². The van der Waals surface area contributed by atoms with Crippen molar-refractivity contribution in [3.8, 4) is 0 Å². The summed E-state index contributed by atoms with van der Waals surface area (Å²) in [5.74, 6) is 2.37. The van der Waals surface area contributed by atoms with Crippen LogP contribution in [0.5, 0.6) is 0 Å². The Bertz CT molecular complexity index is 513. The van der Waals surface area contributed by atoms with Crippen LogP contribution in [-0.2, 0) is 4.79 Å². The average Bonchev–Trinajstić information content (AvgIpc) is 2.44. The first kappa shape index (κ1) is 19.6. The van der Waals surface area contributed by atoms with Crippen LogP contribution in [0.2, 0.25) is 0 Å². The van der Waals surface area contributed by atoms with Crippen molar-refractivity contribution in [3.63, 3.8) is 0 Å². The van der Waals surface area contributed by atoms with Crippen LogP contribution in [-0.4, -0.2) is 27.8 Å². The van der Waals surface area contributed by atoms with E-state index in [0.29, 0.717) is 18.4 Å². The fourth-order valence-corrected chi connectivity index (χ4v) is 3.09. The number of nitrogens with zero attached hydrogens (tertiary/aromatic N) is 3. The zero-order valence-corrected chi connectivity index (χ0v) is 15.9. The van der Waals surface area contributed by atoms with Gasteiger partial charge in [-0.05, 0) is 40.0 Å². The van der Waals surface area contributed by atoms with Gasteiger partial charge < -0.3 is 4.90 Å². The number of rotatable bonds is 9. The third kappa shape index (κ3) is 5.60. The molecule has 0 saturated carbocycles. The molecule has 23 heavy (non-hydrogen) atoms. The van der Waals surface area contributed by atoms with Gasteiger partial charge in [-0.15, -0.1) is 0 Å². The molecule has 0 radical (unpaired) electrons. The highest BCUT2D eigenvalue weighted by atomic mass is 16.1. The second-order valence-electron chi connectivity index (χ2n) is 7.00. The van der Waals surface area contributed by atoms with Crippen LogP contribution in [0.1, 0.15) is 84.5 Å². The predicted molar refractivity (Wildman–Crippen MR) is 97.1 cm³/mol. The number of anilines is 1. The monoisotopic (exact) mass is 319 g/mol. The summed E-state index contributed by atoms with van der Waals surface area (Å²) in [5, 5.41) is 0. The van der Waals surface area contributed by atoms with Gasteiger partial charge in [0.05, 0.1) is 0 Å². The largest absolute Gasteiger partial charge is 0.350 e. The minimum atomic E-state index is 0.145. The van der Waals surface area contributed by atoms with E-state index < -0.39 is 0 Å². The number of carbonyl (C=O) groups excluding carboxylic acids is 1. The first-order valence-electron chi connectivity index (χ1n) is 8.89. The third-order valence-electron chi connectivity index (χ3n) is 4.29. The molecular formula is C19H33N3O. The second-order valence-corrected chi connectivity index (χ2v) is 7.00. The molecule has 0 spiro atoms. The normalized spacial score (nSPS) is 13.9. The van der Waals surface area contributed by atoms with E-state index in [1.807, 2.05) is 13.1 Å². The van der Waals surface area contributed by atoms with Crippen LogP contribution in [0, 0.1) is 6.92 Å². The number of aromatic nitrogens is 2. The van der Waals surface area contributed by atoms with Gasteiger partial charge in [0.25, 0.3) is 0 Å². The van der Waals surface area contributed by atoms with Crippen LogP contribution in [0.15, 0.2) is 6.20 Å². The molecule has 0 saturated heterocycles. The summed E-state index contributed by atoms with van der Waals surface area (Å²) in [5.41, 5.74) is 1.16. The molecule has 0 aliphatic carbocycles. The molecule has 0 aliphatic heterocycles. The van der Waals surface area contributed by atoms with Crippen LogP contribution in [0.4, 0.5) is 5.82 Å². The van der Waals surface area contributed by atoms with Crippen molar-refractivity contribution in [2.75, 3.05) is 4.90 Å². The SMILES string of the molecule is CCCCC(C)N(c1nc(C)ncc1C(C)C)C(C)CC(C)=O. The molecule has 1 aromatic heterocycles. The van der Waals surface area contributed by atoms with E-state index in [4.69, 9.17) is 4.98 Å². The molecule has 0 fully saturated rings. The fraction of sp³-hybridized carbons (Fsp3) is 0.737. The van der Waals surface area contributed by atoms with E-state index in [-0.39, 0.29) is 11.8 Å². The van der Waals surface area contributed by atoms with Gasteiger partial charge in [-0.1, -0.05) is 33.6 Å². The molecule has 0 N–H and O–H groups in total. The highest BCUT2D eigenvalue weighted by molar-refractivity contribution is 5.76. The Hall–Kier alpha value is -1.45. The Morgan fingerprint density at radius 3 is 2.39 bits per heavy atom. The summed E-state index contributed by atoms with van der Waals surface area (Å²) in [6.45, 7) is 14.5. The van der Waals surface area contributed by atoms with Crippen LogP contribution < -0.4 is 4.90 Å². The molecule has 4 heteroatoms. The van der Waals surface area contributed by atoms with E-state index in [9.17, 15) is 4.79 Å². The van der Waals surface area contributed by atoms with Gasteiger partial charge in [0.2, 0.25) is 0 Å². The topological polar surface area (TPSA) is 46.1 Å². The molecule has 1 rings (SSSR count). The molecule has 0 aliphatic rings. The number of hydrogen-bond donors (Lipinski definition) is 0. The van der Waals surface area contributed by atoms with Gasteiger partial charge in [-0.25, -0.2) is 9.97 Å². The minimum absolute atomic E-state index is 0.145. The summed E-state index contributed by atoms with van der Waals surface area (Å²) < 4.78 is 0. The van der Waals surface area contributed by atoms with Gasteiger partial charge in [0.15, 0.2) is 0 Å². The summed E-state index contributed by atoms with van der Waals surface area (Å²) in [6, 6.07) is 0.502. The van der Waals surface area contributed by atoms with Gasteiger partial charge in [-0.3, -0.25) is 4.79 Å². The molecule has 1 heterocycles. The molecule has 0 amide bonds. The summed E-state index contributed by atoms with van der Waals surface area (Å²) in [4.78, 5) is 23.1. The van der Waals surface area contributed by atoms with Crippen LogP contribution in [0.25, 0.3) is 0 Å². The standard InChI is InChI=1S/C19H33N3O/c1-8-9-10-14(4)22(15(5)11-16(6)23)19-18(13(2)3)12-20-17(7)21-19/h12-15H,8-11H2,1-7H3. The van der Waals surface area contributed by atoms with E-state index in [0.717, 1.165) is 23.6 Å². The molecule has 0 bridgehead atoms.